The van der Waals surface area contributed by atoms with Crippen LogP contribution in [0.5, 0.6) is 11.6 Å². The molecule has 10 nitrogen and oxygen atoms in total. The molecule has 1 heterocycles. The molecule has 0 fully saturated rings. The Morgan fingerprint density at radius 1 is 1.19 bits per heavy atom. The number of nitro groups is 1. The van der Waals surface area contributed by atoms with Crippen LogP contribution in [-0.2, 0) is 28.1 Å². The molecule has 0 spiro atoms. The van der Waals surface area contributed by atoms with Crippen LogP contribution >= 0.6 is 11.6 Å². The Labute approximate surface area is 208 Å². The van der Waals surface area contributed by atoms with E-state index in [-0.39, 0.29) is 34.5 Å². The van der Waals surface area contributed by atoms with Gasteiger partial charge in [0.25, 0.3) is 5.69 Å². The van der Waals surface area contributed by atoms with Gasteiger partial charge in [-0.2, -0.15) is 26.4 Å². The summed E-state index contributed by atoms with van der Waals surface area (Å²) < 4.78 is 68.0. The van der Waals surface area contributed by atoms with E-state index in [4.69, 9.17) is 34.4 Å². The van der Waals surface area contributed by atoms with Gasteiger partial charge in [-0.15, -0.1) is 0 Å². The van der Waals surface area contributed by atoms with Crippen molar-refractivity contribution in [2.24, 2.45) is 5.16 Å². The monoisotopic (exact) mass is 544 g/mol. The first kappa shape index (κ1) is 28.2. The quantitative estimate of drug-likeness (QED) is 0.217. The molecule has 1 aromatic heterocycles. The van der Waals surface area contributed by atoms with Crippen molar-refractivity contribution < 1.29 is 36.1 Å². The Morgan fingerprint density at radius 2 is 1.89 bits per heavy atom. The Balaban J connectivity index is 0.00000106. The maximum absolute atomic E-state index is 13.2. The number of nitrogens with one attached hydrogen (secondary N) is 1. The molecule has 1 N–H and O–H groups in total. The molecular weight excluding hydrogens is 529 g/mol. The first-order valence-electron chi connectivity index (χ1n) is 9.58. The normalized spacial score (nSPS) is 11.2. The Hall–Kier alpha value is -4.04. The predicted molar refractivity (Wildman–Crippen MR) is 123 cm³/mol. The summed E-state index contributed by atoms with van der Waals surface area (Å²) in [7, 11) is -2.61. The number of nitrogens with zero attached hydrogens (tertiary/aromatic N) is 3. The summed E-state index contributed by atoms with van der Waals surface area (Å²) in [6, 6.07) is 12.5. The molecule has 36 heavy (non-hydrogen) atoms. The van der Waals surface area contributed by atoms with Crippen molar-refractivity contribution in [2.45, 2.75) is 19.7 Å². The maximum atomic E-state index is 13.2. The highest BCUT2D eigenvalue weighted by Crippen LogP contribution is 2.33. The van der Waals surface area contributed by atoms with E-state index >= 15 is 0 Å². The molecule has 190 valence electrons. The van der Waals surface area contributed by atoms with Gasteiger partial charge in [0, 0.05) is 22.7 Å². The summed E-state index contributed by atoms with van der Waals surface area (Å²) in [4.78, 5) is 19.2. The second kappa shape index (κ2) is 12.6. The molecule has 0 bridgehead atoms. The maximum Gasteiger partial charge on any atom is 0.417 e. The lowest BCUT2D eigenvalue weighted by atomic mass is 10.0. The zero-order chi connectivity index (χ0) is 26.9. The third kappa shape index (κ3) is 8.96. The summed E-state index contributed by atoms with van der Waals surface area (Å²) >= 11 is 5.83. The van der Waals surface area contributed by atoms with Crippen molar-refractivity contribution in [3.8, 4) is 11.6 Å². The zero-order valence-corrected chi connectivity index (χ0v) is 19.8. The van der Waals surface area contributed by atoms with E-state index in [9.17, 15) is 23.3 Å². The van der Waals surface area contributed by atoms with Crippen LogP contribution in [0.4, 0.5) is 18.9 Å². The van der Waals surface area contributed by atoms with Crippen LogP contribution in [0.15, 0.2) is 65.9 Å². The predicted octanol–water partition coefficient (Wildman–Crippen LogP) is 6.02. The number of hydrogen-bond donors (Lipinski definition) is 1. The number of pyridine rings is 1. The Kier molecular flexibility index (Phi) is 9.87. The molecule has 0 aliphatic heterocycles. The van der Waals surface area contributed by atoms with Crippen molar-refractivity contribution in [3.05, 3.63) is 92.6 Å². The average molecular weight is 545 g/mol. The van der Waals surface area contributed by atoms with Crippen LogP contribution in [0.2, 0.25) is 5.02 Å². The van der Waals surface area contributed by atoms with Gasteiger partial charge in [0.15, 0.2) is 0 Å². The minimum absolute atomic E-state index is 0.0160. The lowest BCUT2D eigenvalue weighted by molar-refractivity contribution is -0.385. The van der Waals surface area contributed by atoms with Gasteiger partial charge in [-0.3, -0.25) is 10.1 Å². The highest BCUT2D eigenvalue weighted by Gasteiger charge is 2.34. The molecule has 0 amide bonds. The molecular formula is C21H16ClF3N4O6S. The summed E-state index contributed by atoms with van der Waals surface area (Å²) in [5.41, 5.74) is -0.560. The number of alkyl halides is 3. The first-order valence-corrected chi connectivity index (χ1v) is 11.0. The van der Waals surface area contributed by atoms with E-state index in [0.717, 1.165) is 18.3 Å². The minimum atomic E-state index is -4.56. The smallest absolute Gasteiger partial charge is 0.417 e. The highest BCUT2D eigenvalue weighted by molar-refractivity contribution is 7.60. The second-order valence-corrected chi connectivity index (χ2v) is 7.64. The fraction of sp³-hybridized carbons (Fsp3) is 0.143. The molecule has 0 saturated heterocycles. The van der Waals surface area contributed by atoms with E-state index < -0.39 is 27.2 Å². The molecule has 3 aromatic rings. The first-order chi connectivity index (χ1) is 16.9. The number of ether oxygens (including phenoxy) is 1. The number of hydrogen-bond acceptors (Lipinski definition) is 9. The van der Waals surface area contributed by atoms with Gasteiger partial charge in [-0.1, -0.05) is 28.9 Å². The van der Waals surface area contributed by atoms with Gasteiger partial charge in [-0.25, -0.2) is 4.98 Å². The van der Waals surface area contributed by atoms with Gasteiger partial charge < -0.3 is 9.57 Å². The van der Waals surface area contributed by atoms with Gasteiger partial charge in [0.1, 0.15) is 18.6 Å². The van der Waals surface area contributed by atoms with E-state index in [0.29, 0.717) is 11.3 Å². The van der Waals surface area contributed by atoms with Crippen molar-refractivity contribution in [3.63, 3.8) is 0 Å². The third-order valence-corrected chi connectivity index (χ3v) is 4.40. The molecule has 0 aliphatic carbocycles. The molecule has 0 unspecified atom stereocenters. The lowest BCUT2D eigenvalue weighted by Crippen LogP contribution is -2.12. The van der Waals surface area contributed by atoms with Crippen molar-refractivity contribution in [1.82, 2.24) is 4.98 Å². The molecule has 0 atom stereocenters. The number of halogens is 4. The van der Waals surface area contributed by atoms with Gasteiger partial charge in [0.05, 0.1) is 16.2 Å². The molecule has 0 radical (unpaired) electrons. The number of oxime groups is 1. The van der Waals surface area contributed by atoms with Gasteiger partial charge in [0.2, 0.25) is 5.88 Å². The molecule has 0 aliphatic rings. The molecule has 3 rings (SSSR count). The number of aromatic nitrogens is 1. The summed E-state index contributed by atoms with van der Waals surface area (Å²) in [5.74, 6) is 0.547. The fourth-order valence-corrected chi connectivity index (χ4v) is 2.85. The minimum Gasteiger partial charge on any atom is -0.439 e. The second-order valence-electron chi connectivity index (χ2n) is 6.73. The largest absolute Gasteiger partial charge is 0.439 e. The Bertz CT molecular complexity index is 1360. The highest BCUT2D eigenvalue weighted by atomic mass is 35.5. The SMILES string of the molecule is C/C(=N\OCc1cccc(Oc2ccc([N+](=O)[O-])cn2)c1)c1cc(Cl)ccc1C(F)(F)F.N=S(=O)=O. The van der Waals surface area contributed by atoms with E-state index in [1.54, 1.807) is 24.3 Å². The van der Waals surface area contributed by atoms with Crippen LogP contribution in [0.3, 0.4) is 0 Å². The lowest BCUT2D eigenvalue weighted by Gasteiger charge is -2.13. The fourth-order valence-electron chi connectivity index (χ4n) is 2.68. The van der Waals surface area contributed by atoms with Crippen LogP contribution in [0.1, 0.15) is 23.6 Å². The standard InChI is InChI=1S/C21H15ClF3N3O4.HNO2S/c1-13(18-10-15(22)5-7-19(18)21(23,24)25)27-31-12-14-3-2-4-17(9-14)32-20-8-6-16(11-26-20)28(29)30;1-4(2)3/h2-11H,12H2,1H3;1H/b27-13+;. The molecule has 15 heteroatoms. The van der Waals surface area contributed by atoms with Gasteiger partial charge >= 0.3 is 16.7 Å². The topological polar surface area (TPSA) is 145 Å². The molecule has 0 saturated carbocycles. The third-order valence-electron chi connectivity index (χ3n) is 4.16. The van der Waals surface area contributed by atoms with Crippen LogP contribution in [-0.4, -0.2) is 24.0 Å². The van der Waals surface area contributed by atoms with Crippen molar-refractivity contribution in [1.29, 1.82) is 4.78 Å². The van der Waals surface area contributed by atoms with Crippen LogP contribution in [0, 0.1) is 14.9 Å². The van der Waals surface area contributed by atoms with Crippen LogP contribution < -0.4 is 4.74 Å². The van der Waals surface area contributed by atoms with Gasteiger partial charge in [-0.05, 0) is 42.8 Å². The number of benzene rings is 2. The zero-order valence-electron chi connectivity index (χ0n) is 18.2. The van der Waals surface area contributed by atoms with E-state index in [2.05, 4.69) is 10.1 Å². The summed E-state index contributed by atoms with van der Waals surface area (Å²) in [6.45, 7) is 1.35. The van der Waals surface area contributed by atoms with Crippen LogP contribution in [0.25, 0.3) is 0 Å². The summed E-state index contributed by atoms with van der Waals surface area (Å²) in [6.07, 6.45) is -3.49. The number of rotatable bonds is 7. The average Bonchev–Trinajstić information content (AvgIpc) is 2.78. The summed E-state index contributed by atoms with van der Waals surface area (Å²) in [5, 5.41) is 14.6. The van der Waals surface area contributed by atoms with Crippen molar-refractivity contribution >= 4 is 33.5 Å². The molecule has 2 aromatic carbocycles. The Morgan fingerprint density at radius 3 is 2.47 bits per heavy atom. The van der Waals surface area contributed by atoms with E-state index in [1.165, 1.54) is 25.1 Å². The van der Waals surface area contributed by atoms with Crippen molar-refractivity contribution in [2.75, 3.05) is 0 Å². The van der Waals surface area contributed by atoms with E-state index in [1.807, 2.05) is 0 Å².